The van der Waals surface area contributed by atoms with Gasteiger partial charge in [-0.25, -0.2) is 4.39 Å². The SMILES string of the molecule is CC1(Cc2ccccc2F)Cc2cc(C(=O)NCCC3(O)CCCCC3)ccc2O1. The van der Waals surface area contributed by atoms with E-state index in [4.69, 9.17) is 4.74 Å². The lowest BCUT2D eigenvalue weighted by atomic mass is 9.82. The van der Waals surface area contributed by atoms with Gasteiger partial charge < -0.3 is 15.2 Å². The van der Waals surface area contributed by atoms with Crippen LogP contribution in [0.1, 0.15) is 66.9 Å². The van der Waals surface area contributed by atoms with Crippen LogP contribution in [0.25, 0.3) is 0 Å². The van der Waals surface area contributed by atoms with Crippen LogP contribution < -0.4 is 10.1 Å². The number of carbonyl (C=O) groups excluding carboxylic acids is 1. The predicted octanol–water partition coefficient (Wildman–Crippen LogP) is 4.58. The standard InChI is InChI=1S/C25H30FNO3/c1-24(16-19-7-3-4-8-21(19)26)17-20-15-18(9-10-22(20)30-24)23(28)27-14-13-25(29)11-5-2-6-12-25/h3-4,7-10,15,29H,2,5-6,11-14,16-17H2,1H3,(H,27,28). The Bertz CT molecular complexity index is 922. The van der Waals surface area contributed by atoms with Gasteiger partial charge in [-0.1, -0.05) is 37.5 Å². The molecule has 1 saturated carbocycles. The van der Waals surface area contributed by atoms with Crippen molar-refractivity contribution in [1.29, 1.82) is 0 Å². The summed E-state index contributed by atoms with van der Waals surface area (Å²) in [7, 11) is 0. The van der Waals surface area contributed by atoms with Crippen molar-refractivity contribution >= 4 is 5.91 Å². The minimum atomic E-state index is -0.633. The van der Waals surface area contributed by atoms with Crippen LogP contribution >= 0.6 is 0 Å². The van der Waals surface area contributed by atoms with Gasteiger partial charge in [-0.05, 0) is 61.6 Å². The van der Waals surface area contributed by atoms with E-state index < -0.39 is 11.2 Å². The molecule has 5 heteroatoms. The Hall–Kier alpha value is -2.40. The number of ether oxygens (including phenoxy) is 1. The molecule has 2 aliphatic rings. The Labute approximate surface area is 177 Å². The Balaban J connectivity index is 1.36. The van der Waals surface area contributed by atoms with Crippen LogP contribution in [0, 0.1) is 5.82 Å². The van der Waals surface area contributed by atoms with Gasteiger partial charge in [-0.2, -0.15) is 0 Å². The summed E-state index contributed by atoms with van der Waals surface area (Å²) in [6.07, 6.45) is 6.61. The average Bonchev–Trinajstić information content (AvgIpc) is 3.05. The fourth-order valence-corrected chi connectivity index (χ4v) is 4.78. The van der Waals surface area contributed by atoms with E-state index in [1.54, 1.807) is 18.2 Å². The van der Waals surface area contributed by atoms with E-state index in [1.165, 1.54) is 12.5 Å². The Kier molecular flexibility index (Phi) is 5.83. The zero-order valence-corrected chi connectivity index (χ0v) is 17.5. The number of amides is 1. The van der Waals surface area contributed by atoms with Crippen molar-refractivity contribution in [2.24, 2.45) is 0 Å². The monoisotopic (exact) mass is 411 g/mol. The molecule has 0 saturated heterocycles. The van der Waals surface area contributed by atoms with E-state index in [1.807, 2.05) is 25.1 Å². The molecule has 0 spiro atoms. The maximum Gasteiger partial charge on any atom is 0.251 e. The molecule has 1 aliphatic carbocycles. The Morgan fingerprint density at radius 3 is 2.70 bits per heavy atom. The summed E-state index contributed by atoms with van der Waals surface area (Å²) in [4.78, 5) is 12.6. The summed E-state index contributed by atoms with van der Waals surface area (Å²) in [6.45, 7) is 2.44. The number of fused-ring (bicyclic) bond motifs is 1. The third-order valence-electron chi connectivity index (χ3n) is 6.43. The van der Waals surface area contributed by atoms with Gasteiger partial charge in [0.2, 0.25) is 0 Å². The lowest BCUT2D eigenvalue weighted by molar-refractivity contribution is -0.00293. The van der Waals surface area contributed by atoms with Crippen molar-refractivity contribution in [3.63, 3.8) is 0 Å². The molecule has 1 unspecified atom stereocenters. The molecular weight excluding hydrogens is 381 g/mol. The van der Waals surface area contributed by atoms with Crippen LogP contribution in [0.4, 0.5) is 4.39 Å². The van der Waals surface area contributed by atoms with E-state index in [9.17, 15) is 14.3 Å². The topological polar surface area (TPSA) is 58.6 Å². The van der Waals surface area contributed by atoms with Crippen LogP contribution in [0.3, 0.4) is 0 Å². The smallest absolute Gasteiger partial charge is 0.251 e. The van der Waals surface area contributed by atoms with Crippen molar-refractivity contribution in [1.82, 2.24) is 5.32 Å². The fraction of sp³-hybridized carbons (Fsp3) is 0.480. The number of hydrogen-bond donors (Lipinski definition) is 2. The van der Waals surface area contributed by atoms with Crippen LogP contribution in [0.5, 0.6) is 5.75 Å². The van der Waals surface area contributed by atoms with Crippen molar-refractivity contribution in [2.75, 3.05) is 6.54 Å². The van der Waals surface area contributed by atoms with Crippen molar-refractivity contribution in [3.8, 4) is 5.75 Å². The molecule has 2 aromatic rings. The van der Waals surface area contributed by atoms with E-state index in [-0.39, 0.29) is 11.7 Å². The maximum absolute atomic E-state index is 14.1. The number of rotatable bonds is 6. The summed E-state index contributed by atoms with van der Waals surface area (Å²) >= 11 is 0. The molecule has 0 bridgehead atoms. The van der Waals surface area contributed by atoms with E-state index in [0.29, 0.717) is 36.9 Å². The summed E-state index contributed by atoms with van der Waals surface area (Å²) in [5.74, 6) is 0.389. The molecule has 1 aliphatic heterocycles. The number of hydrogen-bond acceptors (Lipinski definition) is 3. The highest BCUT2D eigenvalue weighted by atomic mass is 19.1. The van der Waals surface area contributed by atoms with Gasteiger partial charge >= 0.3 is 0 Å². The highest BCUT2D eigenvalue weighted by Crippen LogP contribution is 2.38. The molecule has 1 atom stereocenters. The summed E-state index contributed by atoms with van der Waals surface area (Å²) < 4.78 is 20.2. The normalized spacial score (nSPS) is 22.2. The average molecular weight is 412 g/mol. The lowest BCUT2D eigenvalue weighted by Crippen LogP contribution is -2.36. The van der Waals surface area contributed by atoms with Gasteiger partial charge in [0.25, 0.3) is 5.91 Å². The lowest BCUT2D eigenvalue weighted by Gasteiger charge is -2.32. The number of carbonyl (C=O) groups is 1. The molecule has 4 rings (SSSR count). The summed E-state index contributed by atoms with van der Waals surface area (Å²) in [5.41, 5.74) is 1.01. The van der Waals surface area contributed by atoms with Crippen LogP contribution in [0.2, 0.25) is 0 Å². The van der Waals surface area contributed by atoms with Gasteiger partial charge in [-0.3, -0.25) is 4.79 Å². The molecule has 30 heavy (non-hydrogen) atoms. The minimum Gasteiger partial charge on any atom is -0.487 e. The molecule has 2 aromatic carbocycles. The van der Waals surface area contributed by atoms with Crippen LogP contribution in [0.15, 0.2) is 42.5 Å². The fourth-order valence-electron chi connectivity index (χ4n) is 4.78. The molecule has 0 aromatic heterocycles. The van der Waals surface area contributed by atoms with Gasteiger partial charge in [0.15, 0.2) is 0 Å². The summed E-state index contributed by atoms with van der Waals surface area (Å²) in [6, 6.07) is 12.2. The Morgan fingerprint density at radius 1 is 1.17 bits per heavy atom. The molecule has 4 nitrogen and oxygen atoms in total. The number of aliphatic hydroxyl groups is 1. The minimum absolute atomic E-state index is 0.139. The van der Waals surface area contributed by atoms with Crippen molar-refractivity contribution in [3.05, 3.63) is 65.0 Å². The predicted molar refractivity (Wildman–Crippen MR) is 114 cm³/mol. The molecule has 1 heterocycles. The first-order chi connectivity index (χ1) is 14.4. The number of benzene rings is 2. The maximum atomic E-state index is 14.1. The largest absolute Gasteiger partial charge is 0.487 e. The molecule has 1 fully saturated rings. The molecule has 160 valence electrons. The van der Waals surface area contributed by atoms with E-state index in [2.05, 4.69) is 5.32 Å². The summed E-state index contributed by atoms with van der Waals surface area (Å²) in [5, 5.41) is 13.5. The van der Waals surface area contributed by atoms with Crippen molar-refractivity contribution < 1.29 is 19.0 Å². The molecule has 1 amide bonds. The number of halogens is 1. The first-order valence-electron chi connectivity index (χ1n) is 10.9. The zero-order chi connectivity index (χ0) is 21.2. The highest BCUT2D eigenvalue weighted by Gasteiger charge is 2.36. The zero-order valence-electron chi connectivity index (χ0n) is 17.5. The van der Waals surface area contributed by atoms with Gasteiger partial charge in [0.1, 0.15) is 17.2 Å². The van der Waals surface area contributed by atoms with E-state index in [0.717, 1.165) is 37.0 Å². The van der Waals surface area contributed by atoms with Gasteiger partial charge in [0, 0.05) is 24.9 Å². The van der Waals surface area contributed by atoms with Gasteiger partial charge in [0.05, 0.1) is 5.60 Å². The molecule has 2 N–H and O–H groups in total. The number of nitrogens with one attached hydrogen (secondary N) is 1. The van der Waals surface area contributed by atoms with Gasteiger partial charge in [-0.15, -0.1) is 0 Å². The van der Waals surface area contributed by atoms with E-state index >= 15 is 0 Å². The Morgan fingerprint density at radius 2 is 1.93 bits per heavy atom. The third kappa shape index (κ3) is 4.67. The van der Waals surface area contributed by atoms with Crippen LogP contribution in [-0.4, -0.2) is 28.8 Å². The first-order valence-corrected chi connectivity index (χ1v) is 10.9. The second-order valence-electron chi connectivity index (χ2n) is 9.11. The first kappa shape index (κ1) is 20.9. The quantitative estimate of drug-likeness (QED) is 0.732. The molecular formula is C25H30FNO3. The van der Waals surface area contributed by atoms with Crippen molar-refractivity contribution in [2.45, 2.75) is 69.5 Å². The second-order valence-corrected chi connectivity index (χ2v) is 9.11. The second kappa shape index (κ2) is 8.38. The molecule has 0 radical (unpaired) electrons. The third-order valence-corrected chi connectivity index (χ3v) is 6.43. The van der Waals surface area contributed by atoms with Crippen LogP contribution in [-0.2, 0) is 12.8 Å². The highest BCUT2D eigenvalue weighted by molar-refractivity contribution is 5.94.